The molecule has 0 unspecified atom stereocenters. The molecule has 0 aliphatic carbocycles. The number of carbonyl (C=O) groups excluding carboxylic acids is 1. The van der Waals surface area contributed by atoms with Crippen molar-refractivity contribution in [1.29, 1.82) is 0 Å². The van der Waals surface area contributed by atoms with Crippen molar-refractivity contribution in [2.24, 2.45) is 0 Å². The molecule has 0 saturated carbocycles. The van der Waals surface area contributed by atoms with Crippen LogP contribution < -0.4 is 5.43 Å². The molecular formula is C18H18FN3O5. The molecule has 142 valence electrons. The van der Waals surface area contributed by atoms with E-state index in [2.05, 4.69) is 5.10 Å². The smallest absolute Gasteiger partial charge is 0.306 e. The van der Waals surface area contributed by atoms with Crippen molar-refractivity contribution >= 4 is 11.9 Å². The Morgan fingerprint density at radius 3 is 2.81 bits per heavy atom. The van der Waals surface area contributed by atoms with E-state index in [1.54, 1.807) is 13.0 Å². The second-order valence-electron chi connectivity index (χ2n) is 6.20. The molecule has 1 aliphatic heterocycles. The number of carboxylic acids is 1. The van der Waals surface area contributed by atoms with Gasteiger partial charge in [-0.25, -0.2) is 9.07 Å². The van der Waals surface area contributed by atoms with Crippen LogP contribution in [0.4, 0.5) is 4.39 Å². The molecule has 1 atom stereocenters. The van der Waals surface area contributed by atoms with Crippen LogP contribution in [0, 0.1) is 12.7 Å². The summed E-state index contributed by atoms with van der Waals surface area (Å²) >= 11 is 0. The van der Waals surface area contributed by atoms with Gasteiger partial charge >= 0.3 is 5.97 Å². The highest BCUT2D eigenvalue weighted by molar-refractivity contribution is 5.92. The van der Waals surface area contributed by atoms with Gasteiger partial charge in [0, 0.05) is 24.8 Å². The third kappa shape index (κ3) is 4.03. The van der Waals surface area contributed by atoms with E-state index in [1.807, 2.05) is 0 Å². The number of carbonyl (C=O) groups is 2. The summed E-state index contributed by atoms with van der Waals surface area (Å²) in [6.07, 6.45) is -0.899. The summed E-state index contributed by atoms with van der Waals surface area (Å²) in [6, 6.07) is 7.12. The summed E-state index contributed by atoms with van der Waals surface area (Å²) < 4.78 is 20.7. The van der Waals surface area contributed by atoms with E-state index in [0.717, 1.165) is 0 Å². The molecule has 0 bridgehead atoms. The molecule has 9 heteroatoms. The maximum absolute atomic E-state index is 14.1. The first kappa shape index (κ1) is 18.7. The lowest BCUT2D eigenvalue weighted by Crippen LogP contribution is -2.47. The Balaban J connectivity index is 1.93. The second-order valence-corrected chi connectivity index (χ2v) is 6.20. The van der Waals surface area contributed by atoms with Gasteiger partial charge in [-0.3, -0.25) is 14.4 Å². The first-order valence-corrected chi connectivity index (χ1v) is 8.35. The Morgan fingerprint density at radius 1 is 1.37 bits per heavy atom. The number of hydrogen-bond donors (Lipinski definition) is 1. The highest BCUT2D eigenvalue weighted by atomic mass is 19.1. The topological polar surface area (TPSA) is 102 Å². The van der Waals surface area contributed by atoms with Gasteiger partial charge in [-0.15, -0.1) is 0 Å². The van der Waals surface area contributed by atoms with Crippen LogP contribution in [0.3, 0.4) is 0 Å². The number of halogens is 1. The third-order valence-electron chi connectivity index (χ3n) is 4.22. The van der Waals surface area contributed by atoms with Crippen molar-refractivity contribution in [2.45, 2.75) is 19.4 Å². The molecular weight excluding hydrogens is 357 g/mol. The summed E-state index contributed by atoms with van der Waals surface area (Å²) in [6.45, 7) is 2.01. The van der Waals surface area contributed by atoms with Crippen LogP contribution in [0.15, 0.2) is 35.1 Å². The first-order valence-electron chi connectivity index (χ1n) is 8.35. The van der Waals surface area contributed by atoms with Gasteiger partial charge in [-0.2, -0.15) is 5.10 Å². The minimum Gasteiger partial charge on any atom is -0.481 e. The predicted octanol–water partition coefficient (Wildman–Crippen LogP) is 0.996. The molecule has 3 rings (SSSR count). The molecule has 1 amide bonds. The summed E-state index contributed by atoms with van der Waals surface area (Å²) in [4.78, 5) is 37.3. The van der Waals surface area contributed by atoms with Crippen molar-refractivity contribution in [3.63, 3.8) is 0 Å². The summed E-state index contributed by atoms with van der Waals surface area (Å²) in [7, 11) is 0. The number of aliphatic carboxylic acids is 1. The highest BCUT2D eigenvalue weighted by Crippen LogP contribution is 2.15. The number of amides is 1. The van der Waals surface area contributed by atoms with Gasteiger partial charge in [-0.05, 0) is 19.1 Å². The number of benzene rings is 1. The van der Waals surface area contributed by atoms with Crippen molar-refractivity contribution in [3.05, 3.63) is 57.8 Å². The SMILES string of the molecule is Cc1cc(=O)c(C(=O)N2CCO[C@@H](CC(=O)O)C2)nn1-c1ccccc1F. The fourth-order valence-corrected chi connectivity index (χ4v) is 2.93. The lowest BCUT2D eigenvalue weighted by Gasteiger charge is -2.32. The Kier molecular flexibility index (Phi) is 5.31. The van der Waals surface area contributed by atoms with Crippen LogP contribution in [-0.2, 0) is 9.53 Å². The third-order valence-corrected chi connectivity index (χ3v) is 4.22. The summed E-state index contributed by atoms with van der Waals surface area (Å²) in [5.74, 6) is -2.21. The molecule has 2 aromatic rings. The zero-order chi connectivity index (χ0) is 19.6. The second kappa shape index (κ2) is 7.67. The van der Waals surface area contributed by atoms with E-state index in [1.165, 1.54) is 33.8 Å². The number of morpholine rings is 1. The zero-order valence-corrected chi connectivity index (χ0v) is 14.6. The summed E-state index contributed by atoms with van der Waals surface area (Å²) in [5.41, 5.74) is -0.423. The van der Waals surface area contributed by atoms with Gasteiger partial charge < -0.3 is 14.7 Å². The number of hydrogen-bond acceptors (Lipinski definition) is 5. The van der Waals surface area contributed by atoms with Gasteiger partial charge in [0.25, 0.3) is 5.91 Å². The van der Waals surface area contributed by atoms with Crippen LogP contribution in [0.5, 0.6) is 0 Å². The number of nitrogens with zero attached hydrogens (tertiary/aromatic N) is 3. The Hall–Kier alpha value is -3.07. The molecule has 0 spiro atoms. The van der Waals surface area contributed by atoms with Crippen molar-refractivity contribution < 1.29 is 23.8 Å². The molecule has 1 fully saturated rings. The molecule has 1 aromatic heterocycles. The van der Waals surface area contributed by atoms with Gasteiger partial charge in [-0.1, -0.05) is 12.1 Å². The molecule has 1 saturated heterocycles. The van der Waals surface area contributed by atoms with E-state index in [-0.39, 0.29) is 37.5 Å². The number of aryl methyl sites for hydroxylation is 1. The van der Waals surface area contributed by atoms with Gasteiger partial charge in [0.15, 0.2) is 5.69 Å². The maximum atomic E-state index is 14.1. The molecule has 27 heavy (non-hydrogen) atoms. The quantitative estimate of drug-likeness (QED) is 0.855. The van der Waals surface area contributed by atoms with Crippen LogP contribution >= 0.6 is 0 Å². The lowest BCUT2D eigenvalue weighted by atomic mass is 10.2. The average Bonchev–Trinajstić information content (AvgIpc) is 2.62. The first-order chi connectivity index (χ1) is 12.9. The van der Waals surface area contributed by atoms with Crippen LogP contribution in [0.1, 0.15) is 22.6 Å². The number of aromatic nitrogens is 2. The van der Waals surface area contributed by atoms with Gasteiger partial charge in [0.2, 0.25) is 5.43 Å². The maximum Gasteiger partial charge on any atom is 0.306 e. The lowest BCUT2D eigenvalue weighted by molar-refractivity contribution is -0.141. The van der Waals surface area contributed by atoms with Gasteiger partial charge in [0.1, 0.15) is 11.5 Å². The molecule has 8 nitrogen and oxygen atoms in total. The van der Waals surface area contributed by atoms with Crippen LogP contribution in [-0.4, -0.2) is 57.5 Å². The van der Waals surface area contributed by atoms with E-state index >= 15 is 0 Å². The molecule has 1 aromatic carbocycles. The number of carboxylic acid groups (broad SMARTS) is 1. The fourth-order valence-electron chi connectivity index (χ4n) is 2.93. The number of para-hydroxylation sites is 1. The molecule has 1 N–H and O–H groups in total. The summed E-state index contributed by atoms with van der Waals surface area (Å²) in [5, 5.41) is 13.0. The number of ether oxygens (including phenoxy) is 1. The minimum atomic E-state index is -1.04. The largest absolute Gasteiger partial charge is 0.481 e. The van der Waals surface area contributed by atoms with E-state index in [4.69, 9.17) is 9.84 Å². The standard InChI is InChI=1S/C18H18FN3O5/c1-11-8-15(23)17(20-22(11)14-5-3-2-4-13(14)19)18(26)21-6-7-27-12(10-21)9-16(24)25/h2-5,8,12H,6-7,9-10H2,1H3,(H,24,25)/t12-/m0/s1. The average molecular weight is 375 g/mol. The van der Waals surface area contributed by atoms with Gasteiger partial charge in [0.05, 0.1) is 19.1 Å². The Morgan fingerprint density at radius 2 is 2.11 bits per heavy atom. The normalized spacial score (nSPS) is 17.0. The highest BCUT2D eigenvalue weighted by Gasteiger charge is 2.29. The number of rotatable bonds is 4. The molecule has 1 aliphatic rings. The van der Waals surface area contributed by atoms with Crippen LogP contribution in [0.25, 0.3) is 5.69 Å². The molecule has 2 heterocycles. The van der Waals surface area contributed by atoms with E-state index in [0.29, 0.717) is 5.69 Å². The monoisotopic (exact) mass is 375 g/mol. The van der Waals surface area contributed by atoms with Crippen molar-refractivity contribution in [3.8, 4) is 5.69 Å². The van der Waals surface area contributed by atoms with E-state index < -0.39 is 29.2 Å². The fraction of sp³-hybridized carbons (Fsp3) is 0.333. The van der Waals surface area contributed by atoms with Crippen molar-refractivity contribution in [2.75, 3.05) is 19.7 Å². The Labute approximate surface area is 153 Å². The predicted molar refractivity (Wildman–Crippen MR) is 92.4 cm³/mol. The van der Waals surface area contributed by atoms with Crippen molar-refractivity contribution in [1.82, 2.24) is 14.7 Å². The minimum absolute atomic E-state index is 0.0415. The molecule has 0 radical (unpaired) electrons. The van der Waals surface area contributed by atoms with Crippen LogP contribution in [0.2, 0.25) is 0 Å². The Bertz CT molecular complexity index is 943. The zero-order valence-electron chi connectivity index (χ0n) is 14.6. The van der Waals surface area contributed by atoms with E-state index in [9.17, 15) is 18.8 Å².